The lowest BCUT2D eigenvalue weighted by molar-refractivity contribution is -0.122. The average molecular weight is 276 g/mol. The van der Waals surface area contributed by atoms with E-state index in [0.29, 0.717) is 26.2 Å². The highest BCUT2D eigenvalue weighted by Crippen LogP contribution is 2.03. The Morgan fingerprint density at radius 3 is 2.80 bits per heavy atom. The van der Waals surface area contributed by atoms with Gasteiger partial charge in [-0.25, -0.2) is 0 Å². The zero-order valence-corrected chi connectivity index (χ0v) is 11.9. The van der Waals surface area contributed by atoms with Gasteiger partial charge in [0.2, 0.25) is 5.91 Å². The van der Waals surface area contributed by atoms with Crippen molar-refractivity contribution in [2.24, 2.45) is 5.73 Å². The normalized spacial score (nSPS) is 11.8. The van der Waals surface area contributed by atoms with E-state index in [1.807, 2.05) is 30.3 Å². The molecular formula is C16H24N2O2. The number of carbonyl (C=O) groups excluding carboxylic acids is 1. The number of hydrogen-bond acceptors (Lipinski definition) is 3. The lowest BCUT2D eigenvalue weighted by Gasteiger charge is -2.12. The van der Waals surface area contributed by atoms with Crippen molar-refractivity contribution in [1.29, 1.82) is 0 Å². The van der Waals surface area contributed by atoms with E-state index in [0.717, 1.165) is 12.8 Å². The Bertz CT molecular complexity index is 393. The van der Waals surface area contributed by atoms with Gasteiger partial charge in [0.05, 0.1) is 19.3 Å². The standard InChI is InChI=1S/C16H24N2O2/c1-2-3-12-20-13-11-18-16(19)15(17)10-9-14-7-5-4-6-8-14/h2,4-8,15H,1,3,9-13,17H2,(H,18,19)/t15-/m0/s1. The number of hydrogen-bond donors (Lipinski definition) is 2. The van der Waals surface area contributed by atoms with Crippen molar-refractivity contribution >= 4 is 5.91 Å². The molecule has 0 aliphatic rings. The molecule has 1 aromatic rings. The minimum Gasteiger partial charge on any atom is -0.379 e. The molecular weight excluding hydrogens is 252 g/mol. The fourth-order valence-corrected chi connectivity index (χ4v) is 1.74. The summed E-state index contributed by atoms with van der Waals surface area (Å²) in [5.41, 5.74) is 7.06. The summed E-state index contributed by atoms with van der Waals surface area (Å²) < 4.78 is 5.31. The van der Waals surface area contributed by atoms with Gasteiger partial charge >= 0.3 is 0 Å². The maximum Gasteiger partial charge on any atom is 0.237 e. The summed E-state index contributed by atoms with van der Waals surface area (Å²) in [5.74, 6) is -0.117. The summed E-state index contributed by atoms with van der Waals surface area (Å²) in [6, 6.07) is 9.56. The molecule has 1 atom stereocenters. The van der Waals surface area contributed by atoms with Gasteiger partial charge in [0.25, 0.3) is 0 Å². The third-order valence-electron chi connectivity index (χ3n) is 2.94. The monoisotopic (exact) mass is 276 g/mol. The number of aryl methyl sites for hydroxylation is 1. The maximum atomic E-state index is 11.7. The number of nitrogens with two attached hydrogens (primary N) is 1. The second-order valence-corrected chi connectivity index (χ2v) is 4.61. The highest BCUT2D eigenvalue weighted by molar-refractivity contribution is 5.81. The van der Waals surface area contributed by atoms with Crippen LogP contribution in [0.15, 0.2) is 43.0 Å². The van der Waals surface area contributed by atoms with Crippen molar-refractivity contribution in [3.8, 4) is 0 Å². The number of ether oxygens (including phenoxy) is 1. The molecule has 110 valence electrons. The first kappa shape index (κ1) is 16.4. The lowest BCUT2D eigenvalue weighted by atomic mass is 10.1. The molecule has 0 saturated heterocycles. The van der Waals surface area contributed by atoms with Crippen LogP contribution < -0.4 is 11.1 Å². The van der Waals surface area contributed by atoms with E-state index in [1.54, 1.807) is 6.08 Å². The quantitative estimate of drug-likeness (QED) is 0.504. The first-order valence-corrected chi connectivity index (χ1v) is 7.00. The molecule has 0 aliphatic heterocycles. The molecule has 1 amide bonds. The predicted octanol–water partition coefficient (Wildman–Crippen LogP) is 1.66. The topological polar surface area (TPSA) is 64.3 Å². The van der Waals surface area contributed by atoms with E-state index in [9.17, 15) is 4.79 Å². The van der Waals surface area contributed by atoms with Crippen molar-refractivity contribution in [3.05, 3.63) is 48.6 Å². The van der Waals surface area contributed by atoms with Gasteiger partial charge < -0.3 is 15.8 Å². The molecule has 0 bridgehead atoms. The van der Waals surface area contributed by atoms with Crippen LogP contribution in [0.3, 0.4) is 0 Å². The fourth-order valence-electron chi connectivity index (χ4n) is 1.74. The van der Waals surface area contributed by atoms with Gasteiger partial charge in [0, 0.05) is 6.54 Å². The Labute approximate surface area is 121 Å². The number of nitrogens with one attached hydrogen (secondary N) is 1. The molecule has 0 saturated carbocycles. The van der Waals surface area contributed by atoms with Crippen LogP contribution >= 0.6 is 0 Å². The first-order chi connectivity index (χ1) is 9.74. The molecule has 0 heterocycles. The van der Waals surface area contributed by atoms with Crippen molar-refractivity contribution in [2.45, 2.75) is 25.3 Å². The fraction of sp³-hybridized carbons (Fsp3) is 0.438. The number of benzene rings is 1. The zero-order chi connectivity index (χ0) is 14.6. The van der Waals surface area contributed by atoms with E-state index < -0.39 is 6.04 Å². The van der Waals surface area contributed by atoms with Crippen LogP contribution in [0.4, 0.5) is 0 Å². The molecule has 0 unspecified atom stereocenters. The highest BCUT2D eigenvalue weighted by Gasteiger charge is 2.12. The summed E-state index contributed by atoms with van der Waals surface area (Å²) in [6.07, 6.45) is 4.08. The van der Waals surface area contributed by atoms with E-state index >= 15 is 0 Å². The van der Waals surface area contributed by atoms with Crippen LogP contribution in [0.25, 0.3) is 0 Å². The van der Waals surface area contributed by atoms with E-state index in [4.69, 9.17) is 10.5 Å². The highest BCUT2D eigenvalue weighted by atomic mass is 16.5. The van der Waals surface area contributed by atoms with E-state index in [-0.39, 0.29) is 5.91 Å². The Balaban J connectivity index is 2.11. The molecule has 0 spiro atoms. The molecule has 4 heteroatoms. The Kier molecular flexibility index (Phi) is 8.35. The summed E-state index contributed by atoms with van der Waals surface area (Å²) in [7, 11) is 0. The van der Waals surface area contributed by atoms with Crippen LogP contribution in [-0.2, 0) is 16.0 Å². The maximum absolute atomic E-state index is 11.7. The number of amides is 1. The van der Waals surface area contributed by atoms with Gasteiger partial charge in [0.1, 0.15) is 0 Å². The van der Waals surface area contributed by atoms with Gasteiger partial charge in [-0.3, -0.25) is 4.79 Å². The van der Waals surface area contributed by atoms with Gasteiger partial charge in [-0.1, -0.05) is 36.4 Å². The third-order valence-corrected chi connectivity index (χ3v) is 2.94. The van der Waals surface area contributed by atoms with E-state index in [2.05, 4.69) is 11.9 Å². The third kappa shape index (κ3) is 7.07. The van der Waals surface area contributed by atoms with Crippen LogP contribution in [0, 0.1) is 0 Å². The first-order valence-electron chi connectivity index (χ1n) is 7.00. The van der Waals surface area contributed by atoms with Crippen molar-refractivity contribution in [2.75, 3.05) is 19.8 Å². The van der Waals surface area contributed by atoms with Gasteiger partial charge in [-0.2, -0.15) is 0 Å². The van der Waals surface area contributed by atoms with Crippen molar-refractivity contribution < 1.29 is 9.53 Å². The van der Waals surface area contributed by atoms with Crippen LogP contribution in [-0.4, -0.2) is 31.7 Å². The summed E-state index contributed by atoms with van der Waals surface area (Å²) in [5, 5.41) is 2.78. The largest absolute Gasteiger partial charge is 0.379 e. The summed E-state index contributed by atoms with van der Waals surface area (Å²) >= 11 is 0. The lowest BCUT2D eigenvalue weighted by Crippen LogP contribution is -2.42. The van der Waals surface area contributed by atoms with Crippen LogP contribution in [0.1, 0.15) is 18.4 Å². The van der Waals surface area contributed by atoms with Crippen molar-refractivity contribution in [3.63, 3.8) is 0 Å². The number of rotatable bonds is 10. The minimum absolute atomic E-state index is 0.117. The summed E-state index contributed by atoms with van der Waals surface area (Å²) in [6.45, 7) is 5.25. The molecule has 1 rings (SSSR count). The van der Waals surface area contributed by atoms with Gasteiger partial charge in [-0.15, -0.1) is 6.58 Å². The van der Waals surface area contributed by atoms with Crippen molar-refractivity contribution in [1.82, 2.24) is 5.32 Å². The molecule has 3 N–H and O–H groups in total. The Morgan fingerprint density at radius 2 is 2.10 bits per heavy atom. The zero-order valence-electron chi connectivity index (χ0n) is 11.9. The smallest absolute Gasteiger partial charge is 0.237 e. The Morgan fingerprint density at radius 1 is 1.35 bits per heavy atom. The van der Waals surface area contributed by atoms with Gasteiger partial charge in [-0.05, 0) is 24.8 Å². The Hall–Kier alpha value is -1.65. The average Bonchev–Trinajstić information content (AvgIpc) is 2.49. The summed E-state index contributed by atoms with van der Waals surface area (Å²) in [4.78, 5) is 11.7. The molecule has 0 aromatic heterocycles. The molecule has 0 fully saturated rings. The SMILES string of the molecule is C=CCCOCCNC(=O)[C@@H](N)CCc1ccccc1. The second kappa shape index (κ2) is 10.2. The molecule has 4 nitrogen and oxygen atoms in total. The predicted molar refractivity (Wildman–Crippen MR) is 81.4 cm³/mol. The van der Waals surface area contributed by atoms with Crippen LogP contribution in [0.2, 0.25) is 0 Å². The molecule has 20 heavy (non-hydrogen) atoms. The number of carbonyl (C=O) groups is 1. The van der Waals surface area contributed by atoms with Gasteiger partial charge in [0.15, 0.2) is 0 Å². The molecule has 0 aliphatic carbocycles. The minimum atomic E-state index is -0.469. The molecule has 1 aromatic carbocycles. The molecule has 0 radical (unpaired) electrons. The second-order valence-electron chi connectivity index (χ2n) is 4.61. The van der Waals surface area contributed by atoms with Crippen LogP contribution in [0.5, 0.6) is 0 Å². The van der Waals surface area contributed by atoms with E-state index in [1.165, 1.54) is 5.56 Å².